The van der Waals surface area contributed by atoms with E-state index in [0.717, 1.165) is 10.6 Å². The maximum absolute atomic E-state index is 11.5. The van der Waals surface area contributed by atoms with E-state index in [1.807, 2.05) is 24.3 Å². The molecule has 102 valence electrons. The Morgan fingerprint density at radius 3 is 2.95 bits per heavy atom. The van der Waals surface area contributed by atoms with Crippen LogP contribution in [-0.2, 0) is 4.79 Å². The summed E-state index contributed by atoms with van der Waals surface area (Å²) in [7, 11) is 1.58. The molecule has 0 heterocycles. The Hall–Kier alpha value is -1.95. The summed E-state index contributed by atoms with van der Waals surface area (Å²) in [6, 6.07) is 6.85. The molecule has 0 spiro atoms. The first-order chi connectivity index (χ1) is 9.15. The van der Waals surface area contributed by atoms with Crippen LogP contribution in [0.2, 0.25) is 0 Å². The number of rotatable bonds is 6. The Kier molecular flexibility index (Phi) is 6.52. The summed E-state index contributed by atoms with van der Waals surface area (Å²) >= 11 is 1.33. The minimum Gasteiger partial charge on any atom is -0.497 e. The molecule has 5 nitrogen and oxygen atoms in total. The number of carbonyl (C=O) groups is 2. The van der Waals surface area contributed by atoms with Crippen molar-refractivity contribution in [2.24, 2.45) is 0 Å². The fraction of sp³-hybridized carbons (Fsp3) is 0.231. The molecule has 0 aliphatic heterocycles. The molecular formula is C13H16N2O3S. The topological polar surface area (TPSA) is 67.4 Å². The summed E-state index contributed by atoms with van der Waals surface area (Å²) in [5.74, 6) is 0.540. The summed E-state index contributed by atoms with van der Waals surface area (Å²) in [5.41, 5.74) is 0. The average Bonchev–Trinajstić information content (AvgIpc) is 2.43. The van der Waals surface area contributed by atoms with Crippen LogP contribution in [0, 0.1) is 0 Å². The molecular weight excluding hydrogens is 264 g/mol. The number of urea groups is 1. The Morgan fingerprint density at radius 1 is 1.47 bits per heavy atom. The Balaban J connectivity index is 2.37. The summed E-state index contributed by atoms with van der Waals surface area (Å²) in [5, 5.41) is 4.69. The van der Waals surface area contributed by atoms with Crippen LogP contribution in [-0.4, -0.2) is 31.3 Å². The molecule has 0 aliphatic carbocycles. The van der Waals surface area contributed by atoms with Gasteiger partial charge in [0.05, 0.1) is 12.9 Å². The van der Waals surface area contributed by atoms with Crippen molar-refractivity contribution in [3.63, 3.8) is 0 Å². The van der Waals surface area contributed by atoms with Crippen LogP contribution in [0.3, 0.4) is 0 Å². The molecule has 6 heteroatoms. The van der Waals surface area contributed by atoms with E-state index in [-0.39, 0.29) is 11.7 Å². The summed E-state index contributed by atoms with van der Waals surface area (Å²) in [6.45, 7) is 3.78. The fourth-order valence-electron chi connectivity index (χ4n) is 1.21. The van der Waals surface area contributed by atoms with Crippen molar-refractivity contribution in [1.82, 2.24) is 10.6 Å². The van der Waals surface area contributed by atoms with E-state index in [2.05, 4.69) is 17.2 Å². The zero-order valence-corrected chi connectivity index (χ0v) is 11.5. The molecule has 1 rings (SSSR count). The van der Waals surface area contributed by atoms with Crippen molar-refractivity contribution in [3.05, 3.63) is 36.9 Å². The molecule has 1 aromatic carbocycles. The molecule has 0 aliphatic rings. The predicted molar refractivity (Wildman–Crippen MR) is 75.5 cm³/mol. The number of ether oxygens (including phenoxy) is 1. The maximum Gasteiger partial charge on any atom is 0.321 e. The van der Waals surface area contributed by atoms with E-state index >= 15 is 0 Å². The van der Waals surface area contributed by atoms with Crippen LogP contribution in [0.15, 0.2) is 41.8 Å². The number of hydrogen-bond acceptors (Lipinski definition) is 4. The first kappa shape index (κ1) is 15.1. The first-order valence-corrected chi connectivity index (χ1v) is 6.59. The Labute approximate surface area is 116 Å². The van der Waals surface area contributed by atoms with Crippen molar-refractivity contribution in [2.45, 2.75) is 4.90 Å². The standard InChI is InChI=1S/C13H16N2O3S/c1-3-7-14-13(17)15-12(16)9-19-11-6-4-5-10(8-11)18-2/h3-6,8H,1,7,9H2,2H3,(H2,14,15,16,17). The van der Waals surface area contributed by atoms with Crippen molar-refractivity contribution in [2.75, 3.05) is 19.4 Å². The molecule has 0 fully saturated rings. The molecule has 3 amide bonds. The second kappa shape index (κ2) is 8.20. The fourth-order valence-corrected chi connectivity index (χ4v) is 1.96. The van der Waals surface area contributed by atoms with Gasteiger partial charge in [-0.25, -0.2) is 4.79 Å². The van der Waals surface area contributed by atoms with E-state index in [4.69, 9.17) is 4.74 Å². The number of benzene rings is 1. The Morgan fingerprint density at radius 2 is 2.26 bits per heavy atom. The van der Waals surface area contributed by atoms with Gasteiger partial charge in [0.2, 0.25) is 5.91 Å². The highest BCUT2D eigenvalue weighted by Crippen LogP contribution is 2.22. The van der Waals surface area contributed by atoms with Gasteiger partial charge < -0.3 is 10.1 Å². The van der Waals surface area contributed by atoms with E-state index < -0.39 is 6.03 Å². The van der Waals surface area contributed by atoms with Crippen LogP contribution in [0.1, 0.15) is 0 Å². The lowest BCUT2D eigenvalue weighted by Gasteiger charge is -2.05. The van der Waals surface area contributed by atoms with Crippen molar-refractivity contribution < 1.29 is 14.3 Å². The quantitative estimate of drug-likeness (QED) is 0.616. The number of methoxy groups -OCH3 is 1. The number of imide groups is 1. The van der Waals surface area contributed by atoms with E-state index in [1.165, 1.54) is 17.8 Å². The third kappa shape index (κ3) is 5.96. The lowest BCUT2D eigenvalue weighted by molar-refractivity contribution is -0.117. The lowest BCUT2D eigenvalue weighted by atomic mass is 10.3. The average molecular weight is 280 g/mol. The third-order valence-electron chi connectivity index (χ3n) is 2.07. The largest absolute Gasteiger partial charge is 0.497 e. The molecule has 0 bridgehead atoms. The highest BCUT2D eigenvalue weighted by molar-refractivity contribution is 8.00. The second-order valence-corrected chi connectivity index (χ2v) is 4.56. The molecule has 0 aromatic heterocycles. The number of thioether (sulfide) groups is 1. The minimum absolute atomic E-state index is 0.161. The molecule has 0 saturated carbocycles. The van der Waals surface area contributed by atoms with Crippen LogP contribution >= 0.6 is 11.8 Å². The van der Waals surface area contributed by atoms with Crippen LogP contribution in [0.25, 0.3) is 0 Å². The number of nitrogens with one attached hydrogen (secondary N) is 2. The van der Waals surface area contributed by atoms with Gasteiger partial charge in [-0.2, -0.15) is 0 Å². The number of hydrogen-bond donors (Lipinski definition) is 2. The van der Waals surface area contributed by atoms with Crippen LogP contribution < -0.4 is 15.4 Å². The Bertz CT molecular complexity index is 463. The molecule has 0 atom stereocenters. The second-order valence-electron chi connectivity index (χ2n) is 3.51. The smallest absolute Gasteiger partial charge is 0.321 e. The molecule has 2 N–H and O–H groups in total. The predicted octanol–water partition coefficient (Wildman–Crippen LogP) is 1.80. The van der Waals surface area contributed by atoms with E-state index in [1.54, 1.807) is 7.11 Å². The van der Waals surface area contributed by atoms with Gasteiger partial charge in [0.25, 0.3) is 0 Å². The van der Waals surface area contributed by atoms with Gasteiger partial charge in [-0.15, -0.1) is 18.3 Å². The minimum atomic E-state index is -0.517. The summed E-state index contributed by atoms with van der Waals surface area (Å²) in [6.07, 6.45) is 1.54. The molecule has 0 radical (unpaired) electrons. The molecule has 19 heavy (non-hydrogen) atoms. The summed E-state index contributed by atoms with van der Waals surface area (Å²) in [4.78, 5) is 23.6. The van der Waals surface area contributed by atoms with Crippen molar-refractivity contribution in [1.29, 1.82) is 0 Å². The van der Waals surface area contributed by atoms with Gasteiger partial charge >= 0.3 is 6.03 Å². The van der Waals surface area contributed by atoms with Crippen molar-refractivity contribution >= 4 is 23.7 Å². The highest BCUT2D eigenvalue weighted by Gasteiger charge is 2.07. The van der Waals surface area contributed by atoms with Crippen LogP contribution in [0.4, 0.5) is 4.79 Å². The van der Waals surface area contributed by atoms with E-state index in [9.17, 15) is 9.59 Å². The summed E-state index contributed by atoms with van der Waals surface area (Å²) < 4.78 is 5.08. The SMILES string of the molecule is C=CCNC(=O)NC(=O)CSc1cccc(OC)c1. The van der Waals surface area contributed by atoms with Gasteiger partial charge in [0, 0.05) is 11.4 Å². The van der Waals surface area contributed by atoms with Gasteiger partial charge in [-0.3, -0.25) is 10.1 Å². The highest BCUT2D eigenvalue weighted by atomic mass is 32.2. The maximum atomic E-state index is 11.5. The normalized spacial score (nSPS) is 9.53. The van der Waals surface area contributed by atoms with E-state index in [0.29, 0.717) is 6.54 Å². The van der Waals surface area contributed by atoms with Gasteiger partial charge in [0.1, 0.15) is 5.75 Å². The molecule has 0 saturated heterocycles. The van der Waals surface area contributed by atoms with Gasteiger partial charge in [0.15, 0.2) is 0 Å². The zero-order chi connectivity index (χ0) is 14.1. The monoisotopic (exact) mass is 280 g/mol. The van der Waals surface area contributed by atoms with Crippen molar-refractivity contribution in [3.8, 4) is 5.75 Å². The number of amides is 3. The van der Waals surface area contributed by atoms with Crippen LogP contribution in [0.5, 0.6) is 5.75 Å². The van der Waals surface area contributed by atoms with Gasteiger partial charge in [-0.1, -0.05) is 12.1 Å². The number of carbonyl (C=O) groups excluding carboxylic acids is 2. The molecule has 0 unspecified atom stereocenters. The van der Waals surface area contributed by atoms with Gasteiger partial charge in [-0.05, 0) is 18.2 Å². The first-order valence-electron chi connectivity index (χ1n) is 5.61. The molecule has 1 aromatic rings. The lowest BCUT2D eigenvalue weighted by Crippen LogP contribution is -2.40. The zero-order valence-electron chi connectivity index (χ0n) is 10.6. The third-order valence-corrected chi connectivity index (χ3v) is 3.06.